The molecule has 3 rings (SSSR count). The number of aryl methyl sites for hydroxylation is 1. The lowest BCUT2D eigenvalue weighted by Crippen LogP contribution is -2.24. The first kappa shape index (κ1) is 17.1. The Hall–Kier alpha value is -2.73. The fraction of sp³-hybridized carbons (Fsp3) is 0.316. The molecule has 0 saturated carbocycles. The number of benzene rings is 2. The number of fused-ring (bicyclic) bond motifs is 1. The lowest BCUT2D eigenvalue weighted by Gasteiger charge is -2.23. The lowest BCUT2D eigenvalue weighted by atomic mass is 9.88. The number of hydrogen-bond acceptors (Lipinski definition) is 4. The van der Waals surface area contributed by atoms with Crippen LogP contribution in [-0.2, 0) is 12.8 Å². The molecule has 0 radical (unpaired) electrons. The van der Waals surface area contributed by atoms with Crippen molar-refractivity contribution in [2.24, 2.45) is 0 Å². The minimum Gasteiger partial charge on any atom is -0.497 e. The first-order valence-corrected chi connectivity index (χ1v) is 8.19. The van der Waals surface area contributed by atoms with Crippen LogP contribution in [0, 0.1) is 0 Å². The van der Waals surface area contributed by atoms with E-state index in [2.05, 4.69) is 10.6 Å². The summed E-state index contributed by atoms with van der Waals surface area (Å²) in [5.74, 6) is 1.18. The minimum atomic E-state index is -0.360. The first-order chi connectivity index (χ1) is 12.1. The van der Waals surface area contributed by atoms with Gasteiger partial charge in [0, 0.05) is 36.0 Å². The average Bonchev–Trinajstić information content (AvgIpc) is 2.61. The predicted molar refractivity (Wildman–Crippen MR) is 96.7 cm³/mol. The third kappa shape index (κ3) is 4.03. The van der Waals surface area contributed by atoms with Crippen molar-refractivity contribution in [1.29, 1.82) is 0 Å². The number of carbonyl (C=O) groups is 1. The maximum atomic E-state index is 12.4. The van der Waals surface area contributed by atoms with E-state index in [-0.39, 0.29) is 12.1 Å². The van der Waals surface area contributed by atoms with Crippen LogP contribution < -0.4 is 20.1 Å². The summed E-state index contributed by atoms with van der Waals surface area (Å²) in [5.41, 5.74) is 3.47. The number of urea groups is 1. The van der Waals surface area contributed by atoms with Crippen molar-refractivity contribution >= 4 is 17.4 Å². The number of ether oxygens (including phenoxy) is 2. The summed E-state index contributed by atoms with van der Waals surface area (Å²) < 4.78 is 10.4. The zero-order chi connectivity index (χ0) is 17.8. The van der Waals surface area contributed by atoms with Gasteiger partial charge in [-0.2, -0.15) is 0 Å². The topological polar surface area (TPSA) is 79.8 Å². The Morgan fingerprint density at radius 2 is 1.84 bits per heavy atom. The van der Waals surface area contributed by atoms with E-state index in [9.17, 15) is 9.90 Å². The normalized spacial score (nSPS) is 15.9. The van der Waals surface area contributed by atoms with Crippen molar-refractivity contribution in [3.05, 3.63) is 47.5 Å². The maximum Gasteiger partial charge on any atom is 0.323 e. The van der Waals surface area contributed by atoms with Crippen LogP contribution in [0.1, 0.15) is 17.5 Å². The van der Waals surface area contributed by atoms with Gasteiger partial charge in [-0.05, 0) is 30.0 Å². The van der Waals surface area contributed by atoms with Crippen molar-refractivity contribution < 1.29 is 19.4 Å². The monoisotopic (exact) mass is 342 g/mol. The molecule has 1 atom stereocenters. The lowest BCUT2D eigenvalue weighted by molar-refractivity contribution is 0.159. The summed E-state index contributed by atoms with van der Waals surface area (Å²) in [7, 11) is 3.11. The van der Waals surface area contributed by atoms with Gasteiger partial charge in [0.25, 0.3) is 0 Å². The van der Waals surface area contributed by atoms with Gasteiger partial charge in [-0.15, -0.1) is 0 Å². The Balaban J connectivity index is 1.76. The number of methoxy groups -OCH3 is 2. The van der Waals surface area contributed by atoms with Crippen LogP contribution in [0.15, 0.2) is 36.4 Å². The molecule has 2 aromatic carbocycles. The number of hydrogen-bond donors (Lipinski definition) is 3. The van der Waals surface area contributed by atoms with Crippen LogP contribution in [0.4, 0.5) is 16.2 Å². The standard InChI is InChI=1S/C19H22N2O4/c1-24-15-8-13(9-16(11-15)25-2)20-19(23)21-18-5-3-4-12-6-7-14(22)10-17(12)18/h3-5,8-9,11,14,22H,6-7,10H2,1-2H3,(H2,20,21,23)/t14-/m1/s1. The third-order valence-electron chi connectivity index (χ3n) is 4.32. The van der Waals surface area contributed by atoms with Gasteiger partial charge in [0.1, 0.15) is 11.5 Å². The summed E-state index contributed by atoms with van der Waals surface area (Å²) in [5, 5.41) is 15.6. The molecule has 0 saturated heterocycles. The summed E-state index contributed by atoms with van der Waals surface area (Å²) in [6, 6.07) is 10.6. The molecule has 1 aliphatic carbocycles. The van der Waals surface area contributed by atoms with Crippen LogP contribution in [-0.4, -0.2) is 31.5 Å². The fourth-order valence-corrected chi connectivity index (χ4v) is 3.05. The van der Waals surface area contributed by atoms with E-state index in [1.165, 1.54) is 5.56 Å². The van der Waals surface area contributed by atoms with Crippen LogP contribution in [0.2, 0.25) is 0 Å². The Kier molecular flexibility index (Phi) is 5.09. The molecule has 0 fully saturated rings. The molecule has 2 amide bonds. The second kappa shape index (κ2) is 7.44. The number of rotatable bonds is 4. The van der Waals surface area contributed by atoms with Gasteiger partial charge in [-0.1, -0.05) is 12.1 Å². The molecule has 0 unspecified atom stereocenters. The molecular weight excluding hydrogens is 320 g/mol. The average molecular weight is 342 g/mol. The van der Waals surface area contributed by atoms with Gasteiger partial charge >= 0.3 is 6.03 Å². The quantitative estimate of drug-likeness (QED) is 0.797. The molecule has 6 heteroatoms. The molecule has 3 N–H and O–H groups in total. The Morgan fingerprint density at radius 1 is 1.12 bits per heavy atom. The molecule has 132 valence electrons. The zero-order valence-electron chi connectivity index (χ0n) is 14.3. The summed E-state index contributed by atoms with van der Waals surface area (Å²) in [6.45, 7) is 0. The number of anilines is 2. The van der Waals surface area contributed by atoms with Crippen molar-refractivity contribution in [3.8, 4) is 11.5 Å². The van der Waals surface area contributed by atoms with Gasteiger partial charge in [0.05, 0.1) is 20.3 Å². The summed E-state index contributed by atoms with van der Waals surface area (Å²) in [6.07, 6.45) is 1.77. The molecule has 0 aromatic heterocycles. The molecule has 0 heterocycles. The van der Waals surface area contributed by atoms with Gasteiger partial charge in [-0.25, -0.2) is 4.79 Å². The van der Waals surface area contributed by atoms with E-state index >= 15 is 0 Å². The Morgan fingerprint density at radius 3 is 2.52 bits per heavy atom. The number of aliphatic hydroxyl groups is 1. The number of carbonyl (C=O) groups excluding carboxylic acids is 1. The first-order valence-electron chi connectivity index (χ1n) is 8.19. The van der Waals surface area contributed by atoms with E-state index in [1.807, 2.05) is 18.2 Å². The van der Waals surface area contributed by atoms with E-state index in [0.717, 1.165) is 24.1 Å². The fourth-order valence-electron chi connectivity index (χ4n) is 3.05. The number of nitrogens with one attached hydrogen (secondary N) is 2. The molecule has 0 bridgehead atoms. The largest absolute Gasteiger partial charge is 0.497 e. The van der Waals surface area contributed by atoms with Crippen LogP contribution in [0.5, 0.6) is 11.5 Å². The van der Waals surface area contributed by atoms with Gasteiger partial charge in [0.2, 0.25) is 0 Å². The van der Waals surface area contributed by atoms with Crippen LogP contribution >= 0.6 is 0 Å². The highest BCUT2D eigenvalue weighted by atomic mass is 16.5. The van der Waals surface area contributed by atoms with Gasteiger partial charge in [0.15, 0.2) is 0 Å². The van der Waals surface area contributed by atoms with Crippen molar-refractivity contribution in [2.75, 3.05) is 24.9 Å². The molecule has 0 aliphatic heterocycles. The van der Waals surface area contributed by atoms with Crippen molar-refractivity contribution in [2.45, 2.75) is 25.4 Å². The second-order valence-corrected chi connectivity index (χ2v) is 6.02. The van der Waals surface area contributed by atoms with Crippen LogP contribution in [0.25, 0.3) is 0 Å². The molecule has 2 aromatic rings. The van der Waals surface area contributed by atoms with E-state index < -0.39 is 0 Å². The smallest absolute Gasteiger partial charge is 0.323 e. The summed E-state index contributed by atoms with van der Waals surface area (Å²) in [4.78, 5) is 12.4. The van der Waals surface area contributed by atoms with E-state index in [1.54, 1.807) is 32.4 Å². The molecule has 1 aliphatic rings. The Bertz CT molecular complexity index is 754. The highest BCUT2D eigenvalue weighted by Gasteiger charge is 2.20. The molecule has 25 heavy (non-hydrogen) atoms. The third-order valence-corrected chi connectivity index (χ3v) is 4.32. The van der Waals surface area contributed by atoms with Crippen LogP contribution in [0.3, 0.4) is 0 Å². The van der Waals surface area contributed by atoms with Crippen molar-refractivity contribution in [3.63, 3.8) is 0 Å². The van der Waals surface area contributed by atoms with Crippen molar-refractivity contribution in [1.82, 2.24) is 0 Å². The highest BCUT2D eigenvalue weighted by Crippen LogP contribution is 2.29. The Labute approximate surface area is 146 Å². The SMILES string of the molecule is COc1cc(NC(=O)Nc2cccc3c2C[C@H](O)CC3)cc(OC)c1. The molecule has 6 nitrogen and oxygen atoms in total. The minimum absolute atomic E-state index is 0.358. The number of amides is 2. The highest BCUT2D eigenvalue weighted by molar-refractivity contribution is 6.00. The van der Waals surface area contributed by atoms with E-state index in [4.69, 9.17) is 9.47 Å². The zero-order valence-corrected chi connectivity index (χ0v) is 14.3. The summed E-state index contributed by atoms with van der Waals surface area (Å²) >= 11 is 0. The van der Waals surface area contributed by atoms with Gasteiger partial charge < -0.3 is 25.2 Å². The van der Waals surface area contributed by atoms with Gasteiger partial charge in [-0.3, -0.25) is 0 Å². The molecular formula is C19H22N2O4. The van der Waals surface area contributed by atoms with E-state index in [0.29, 0.717) is 23.6 Å². The predicted octanol–water partition coefficient (Wildman–Crippen LogP) is 3.20. The number of aliphatic hydroxyl groups excluding tert-OH is 1. The second-order valence-electron chi connectivity index (χ2n) is 6.02. The molecule has 0 spiro atoms. The maximum absolute atomic E-state index is 12.4.